The van der Waals surface area contributed by atoms with Gasteiger partial charge in [0.15, 0.2) is 0 Å². The molecule has 2 rings (SSSR count). The first kappa shape index (κ1) is 20.0. The van der Waals surface area contributed by atoms with Crippen LogP contribution in [0, 0.1) is 5.92 Å². The molecule has 2 N–H and O–H groups in total. The van der Waals surface area contributed by atoms with Crippen molar-refractivity contribution in [1.82, 2.24) is 9.80 Å². The summed E-state index contributed by atoms with van der Waals surface area (Å²) in [6.07, 6.45) is 3.47. The van der Waals surface area contributed by atoms with Crippen molar-refractivity contribution in [2.75, 3.05) is 19.6 Å². The second-order valence-corrected chi connectivity index (χ2v) is 6.04. The lowest BCUT2D eigenvalue weighted by Gasteiger charge is -2.43. The van der Waals surface area contributed by atoms with E-state index in [0.29, 0.717) is 12.1 Å². The molecule has 6 heteroatoms. The van der Waals surface area contributed by atoms with Crippen LogP contribution in [0.1, 0.15) is 40.0 Å². The van der Waals surface area contributed by atoms with Crippen LogP contribution in [0.2, 0.25) is 0 Å². The maximum Gasteiger partial charge on any atom is 0.240 e. The van der Waals surface area contributed by atoms with E-state index in [1.807, 2.05) is 4.90 Å². The normalized spacial score (nSPS) is 28.9. The SMILES string of the molecule is CCC(C)C(N)C(=O)N1CC2CCCN2CC1C.Cl.Cl. The van der Waals surface area contributed by atoms with Crippen molar-refractivity contribution in [3.05, 3.63) is 0 Å². The Hall–Kier alpha value is -0.0300. The van der Waals surface area contributed by atoms with Gasteiger partial charge in [0.25, 0.3) is 0 Å². The van der Waals surface area contributed by atoms with Crippen molar-refractivity contribution < 1.29 is 4.79 Å². The van der Waals surface area contributed by atoms with Crippen molar-refractivity contribution in [1.29, 1.82) is 0 Å². The highest BCUT2D eigenvalue weighted by atomic mass is 35.5. The predicted octanol–water partition coefficient (Wildman–Crippen LogP) is 1.90. The van der Waals surface area contributed by atoms with Crippen LogP contribution in [0.15, 0.2) is 0 Å². The van der Waals surface area contributed by atoms with E-state index in [1.165, 1.54) is 19.4 Å². The Bertz CT molecular complexity index is 317. The summed E-state index contributed by atoms with van der Waals surface area (Å²) in [6, 6.07) is 0.557. The molecule has 0 bridgehead atoms. The summed E-state index contributed by atoms with van der Waals surface area (Å²) in [7, 11) is 0. The van der Waals surface area contributed by atoms with Crippen molar-refractivity contribution in [3.8, 4) is 0 Å². The summed E-state index contributed by atoms with van der Waals surface area (Å²) in [4.78, 5) is 17.0. The van der Waals surface area contributed by atoms with Gasteiger partial charge in [-0.05, 0) is 32.2 Å². The van der Waals surface area contributed by atoms with E-state index in [2.05, 4.69) is 25.7 Å². The number of carbonyl (C=O) groups excluding carboxylic acids is 1. The number of nitrogens with zero attached hydrogens (tertiary/aromatic N) is 2. The molecule has 0 aliphatic carbocycles. The van der Waals surface area contributed by atoms with Crippen LogP contribution < -0.4 is 5.73 Å². The molecule has 0 aromatic heterocycles. The first-order valence-electron chi connectivity index (χ1n) is 7.34. The van der Waals surface area contributed by atoms with Gasteiger partial charge in [-0.1, -0.05) is 20.3 Å². The molecule has 0 saturated carbocycles. The highest BCUT2D eigenvalue weighted by molar-refractivity contribution is 5.85. The molecule has 4 atom stereocenters. The molecule has 20 heavy (non-hydrogen) atoms. The number of halogens is 2. The van der Waals surface area contributed by atoms with Crippen molar-refractivity contribution >= 4 is 30.7 Å². The number of carbonyl (C=O) groups is 1. The Morgan fingerprint density at radius 3 is 2.60 bits per heavy atom. The van der Waals surface area contributed by atoms with Gasteiger partial charge in [-0.2, -0.15) is 0 Å². The maximum absolute atomic E-state index is 12.5. The van der Waals surface area contributed by atoms with Crippen molar-refractivity contribution in [2.45, 2.75) is 58.2 Å². The smallest absolute Gasteiger partial charge is 0.240 e. The molecular weight excluding hydrogens is 297 g/mol. The van der Waals surface area contributed by atoms with Gasteiger partial charge in [0.2, 0.25) is 5.91 Å². The quantitative estimate of drug-likeness (QED) is 0.862. The number of rotatable bonds is 3. The third-order valence-corrected chi connectivity index (χ3v) is 4.76. The molecular formula is C14H29Cl2N3O. The fourth-order valence-corrected chi connectivity index (χ4v) is 3.18. The average molecular weight is 326 g/mol. The average Bonchev–Trinajstić information content (AvgIpc) is 2.82. The summed E-state index contributed by atoms with van der Waals surface area (Å²) in [5.74, 6) is 0.426. The zero-order valence-corrected chi connectivity index (χ0v) is 14.4. The molecule has 120 valence electrons. The molecule has 0 aromatic carbocycles. The largest absolute Gasteiger partial charge is 0.336 e. The Balaban J connectivity index is 0.00000180. The van der Waals surface area contributed by atoms with E-state index >= 15 is 0 Å². The fourth-order valence-electron chi connectivity index (χ4n) is 3.18. The van der Waals surface area contributed by atoms with Gasteiger partial charge in [-0.15, -0.1) is 24.8 Å². The zero-order valence-electron chi connectivity index (χ0n) is 12.7. The Morgan fingerprint density at radius 1 is 1.35 bits per heavy atom. The van der Waals surface area contributed by atoms with Crippen molar-refractivity contribution in [2.24, 2.45) is 11.7 Å². The van der Waals surface area contributed by atoms with Crippen molar-refractivity contribution in [3.63, 3.8) is 0 Å². The minimum atomic E-state index is -0.328. The summed E-state index contributed by atoms with van der Waals surface area (Å²) < 4.78 is 0. The molecule has 2 heterocycles. The highest BCUT2D eigenvalue weighted by Gasteiger charge is 2.38. The monoisotopic (exact) mass is 325 g/mol. The second kappa shape index (κ2) is 8.42. The van der Waals surface area contributed by atoms with Gasteiger partial charge < -0.3 is 10.6 Å². The van der Waals surface area contributed by atoms with Crippen LogP contribution in [-0.2, 0) is 4.79 Å². The summed E-state index contributed by atoms with van der Waals surface area (Å²) >= 11 is 0. The molecule has 1 amide bonds. The lowest BCUT2D eigenvalue weighted by atomic mass is 9.97. The number of nitrogens with two attached hydrogens (primary N) is 1. The predicted molar refractivity (Wildman–Crippen MR) is 87.7 cm³/mol. The van der Waals surface area contributed by atoms with Crippen LogP contribution >= 0.6 is 24.8 Å². The first-order valence-corrected chi connectivity index (χ1v) is 7.34. The van der Waals surface area contributed by atoms with Gasteiger partial charge in [-0.3, -0.25) is 9.69 Å². The number of hydrogen-bond donors (Lipinski definition) is 1. The number of hydrogen-bond acceptors (Lipinski definition) is 3. The topological polar surface area (TPSA) is 49.6 Å². The van der Waals surface area contributed by atoms with Gasteiger partial charge >= 0.3 is 0 Å². The Labute approximate surface area is 135 Å². The second-order valence-electron chi connectivity index (χ2n) is 6.04. The number of amides is 1. The van der Waals surface area contributed by atoms with Crippen LogP contribution in [0.4, 0.5) is 0 Å². The molecule has 2 aliphatic heterocycles. The molecule has 4 unspecified atom stereocenters. The van der Waals surface area contributed by atoms with Crippen LogP contribution in [0.25, 0.3) is 0 Å². The molecule has 0 radical (unpaired) electrons. The lowest BCUT2D eigenvalue weighted by Crippen LogP contribution is -2.60. The van der Waals surface area contributed by atoms with E-state index in [4.69, 9.17) is 5.73 Å². The molecule has 2 fully saturated rings. The summed E-state index contributed by atoms with van der Waals surface area (Å²) in [5, 5.41) is 0. The Morgan fingerprint density at radius 2 is 2.00 bits per heavy atom. The lowest BCUT2D eigenvalue weighted by molar-refractivity contribution is -0.139. The van der Waals surface area contributed by atoms with E-state index in [-0.39, 0.29) is 42.7 Å². The molecule has 0 aromatic rings. The van der Waals surface area contributed by atoms with E-state index in [1.54, 1.807) is 0 Å². The zero-order chi connectivity index (χ0) is 13.3. The summed E-state index contributed by atoms with van der Waals surface area (Å²) in [6.45, 7) is 9.41. The van der Waals surface area contributed by atoms with E-state index in [9.17, 15) is 4.79 Å². The molecule has 4 nitrogen and oxygen atoms in total. The number of piperazine rings is 1. The maximum atomic E-state index is 12.5. The standard InChI is InChI=1S/C14H27N3O.2ClH/c1-4-10(2)13(15)14(18)17-9-12-6-5-7-16(12)8-11(17)3;;/h10-13H,4-9,15H2,1-3H3;2*1H. The van der Waals surface area contributed by atoms with E-state index in [0.717, 1.165) is 19.5 Å². The minimum Gasteiger partial charge on any atom is -0.336 e. The van der Waals surface area contributed by atoms with Crippen LogP contribution in [0.5, 0.6) is 0 Å². The van der Waals surface area contributed by atoms with E-state index < -0.39 is 0 Å². The first-order chi connectivity index (χ1) is 8.54. The third-order valence-electron chi connectivity index (χ3n) is 4.76. The molecule has 0 spiro atoms. The Kier molecular flexibility index (Phi) is 8.41. The number of fused-ring (bicyclic) bond motifs is 1. The fraction of sp³-hybridized carbons (Fsp3) is 0.929. The van der Waals surface area contributed by atoms with Crippen LogP contribution in [-0.4, -0.2) is 53.5 Å². The van der Waals surface area contributed by atoms with Crippen LogP contribution in [0.3, 0.4) is 0 Å². The minimum absolute atomic E-state index is 0. The summed E-state index contributed by atoms with van der Waals surface area (Å²) in [5.41, 5.74) is 6.10. The third kappa shape index (κ3) is 4.00. The van der Waals surface area contributed by atoms with Gasteiger partial charge in [0.05, 0.1) is 6.04 Å². The van der Waals surface area contributed by atoms with Gasteiger partial charge in [0, 0.05) is 25.2 Å². The molecule has 2 aliphatic rings. The van der Waals surface area contributed by atoms with Gasteiger partial charge in [0.1, 0.15) is 0 Å². The highest BCUT2D eigenvalue weighted by Crippen LogP contribution is 2.25. The van der Waals surface area contributed by atoms with Gasteiger partial charge in [-0.25, -0.2) is 0 Å². The molecule has 2 saturated heterocycles.